The zero-order valence-corrected chi connectivity index (χ0v) is 12.2. The number of aliphatic hydroxyl groups excluding tert-OH is 1. The molecule has 1 aromatic rings. The van der Waals surface area contributed by atoms with Gasteiger partial charge in [-0.1, -0.05) is 18.5 Å². The molecule has 104 valence electrons. The van der Waals surface area contributed by atoms with E-state index in [1.165, 1.54) is 12.8 Å². The van der Waals surface area contributed by atoms with Crippen LogP contribution < -0.4 is 4.90 Å². The Morgan fingerprint density at radius 2 is 2.05 bits per heavy atom. The summed E-state index contributed by atoms with van der Waals surface area (Å²) >= 11 is 6.26. The second-order valence-electron chi connectivity index (χ2n) is 5.80. The van der Waals surface area contributed by atoms with Crippen molar-refractivity contribution < 1.29 is 5.11 Å². The molecule has 1 N–H and O–H groups in total. The normalized spacial score (nSPS) is 27.1. The number of anilines is 1. The lowest BCUT2D eigenvalue weighted by Crippen LogP contribution is -2.36. The molecule has 1 saturated carbocycles. The van der Waals surface area contributed by atoms with Gasteiger partial charge in [0.05, 0.1) is 12.6 Å². The van der Waals surface area contributed by atoms with Gasteiger partial charge in [0.1, 0.15) is 16.8 Å². The molecular weight excluding hydrogens is 262 g/mol. The summed E-state index contributed by atoms with van der Waals surface area (Å²) in [5.74, 6) is 2.78. The van der Waals surface area contributed by atoms with Crippen molar-refractivity contribution in [3.63, 3.8) is 0 Å². The van der Waals surface area contributed by atoms with Gasteiger partial charge in [0.25, 0.3) is 0 Å². The largest absolute Gasteiger partial charge is 0.394 e. The molecule has 2 atom stereocenters. The van der Waals surface area contributed by atoms with Crippen molar-refractivity contribution in [1.82, 2.24) is 9.97 Å². The van der Waals surface area contributed by atoms with Gasteiger partial charge < -0.3 is 10.0 Å². The number of hydrogen-bond donors (Lipinski definition) is 1. The Kier molecular flexibility index (Phi) is 3.39. The zero-order chi connectivity index (χ0) is 13.6. The maximum atomic E-state index is 9.60. The molecule has 1 aliphatic carbocycles. The minimum Gasteiger partial charge on any atom is -0.394 e. The molecule has 19 heavy (non-hydrogen) atoms. The number of halogens is 1. The van der Waals surface area contributed by atoms with Crippen LogP contribution in [0, 0.1) is 12.8 Å². The standard InChI is InChI=1S/C14H20ClN3O/c1-8-5-6-18(11(8)7-19)14-9(2)12(15)16-13(17-14)10-3-4-10/h8,10-11,19H,3-7H2,1-2H3. The predicted molar refractivity (Wildman–Crippen MR) is 75.8 cm³/mol. The Bertz CT molecular complexity index is 490. The SMILES string of the molecule is Cc1c(Cl)nc(C2CC2)nc1N1CCC(C)C1CO. The van der Waals surface area contributed by atoms with Crippen LogP contribution in [0.4, 0.5) is 5.82 Å². The van der Waals surface area contributed by atoms with Crippen molar-refractivity contribution in [2.75, 3.05) is 18.1 Å². The quantitative estimate of drug-likeness (QED) is 0.865. The van der Waals surface area contributed by atoms with Gasteiger partial charge in [-0.25, -0.2) is 9.97 Å². The van der Waals surface area contributed by atoms with E-state index in [9.17, 15) is 5.11 Å². The molecule has 0 bridgehead atoms. The molecule has 0 radical (unpaired) electrons. The van der Waals surface area contributed by atoms with E-state index in [0.717, 1.165) is 30.2 Å². The van der Waals surface area contributed by atoms with Gasteiger partial charge in [-0.15, -0.1) is 0 Å². The number of nitrogens with zero attached hydrogens (tertiary/aromatic N) is 3. The minimum absolute atomic E-state index is 0.150. The van der Waals surface area contributed by atoms with Crippen LogP contribution in [0.15, 0.2) is 0 Å². The highest BCUT2D eigenvalue weighted by Crippen LogP contribution is 2.41. The van der Waals surface area contributed by atoms with Crippen molar-refractivity contribution >= 4 is 17.4 Å². The van der Waals surface area contributed by atoms with Crippen LogP contribution in [0.5, 0.6) is 0 Å². The first kappa shape index (κ1) is 13.1. The molecule has 0 aromatic carbocycles. The summed E-state index contributed by atoms with van der Waals surface area (Å²) in [4.78, 5) is 11.3. The first-order chi connectivity index (χ1) is 9.11. The Labute approximate surface area is 118 Å². The van der Waals surface area contributed by atoms with E-state index in [0.29, 0.717) is 17.0 Å². The maximum Gasteiger partial charge on any atom is 0.137 e. The topological polar surface area (TPSA) is 49.2 Å². The highest BCUT2D eigenvalue weighted by molar-refractivity contribution is 6.30. The van der Waals surface area contributed by atoms with E-state index in [1.54, 1.807) is 0 Å². The highest BCUT2D eigenvalue weighted by Gasteiger charge is 2.34. The van der Waals surface area contributed by atoms with Crippen molar-refractivity contribution in [3.05, 3.63) is 16.5 Å². The van der Waals surface area contributed by atoms with Crippen molar-refractivity contribution in [2.24, 2.45) is 5.92 Å². The van der Waals surface area contributed by atoms with Gasteiger partial charge in [-0.3, -0.25) is 0 Å². The van der Waals surface area contributed by atoms with E-state index in [-0.39, 0.29) is 12.6 Å². The Morgan fingerprint density at radius 3 is 2.68 bits per heavy atom. The summed E-state index contributed by atoms with van der Waals surface area (Å²) in [6.45, 7) is 5.25. The summed E-state index contributed by atoms with van der Waals surface area (Å²) in [5.41, 5.74) is 0.929. The lowest BCUT2D eigenvalue weighted by Gasteiger charge is -2.28. The number of aliphatic hydroxyl groups is 1. The molecule has 1 aromatic heterocycles. The van der Waals surface area contributed by atoms with Crippen LogP contribution in [0.3, 0.4) is 0 Å². The van der Waals surface area contributed by atoms with E-state index in [1.807, 2.05) is 6.92 Å². The van der Waals surface area contributed by atoms with E-state index >= 15 is 0 Å². The molecule has 2 heterocycles. The van der Waals surface area contributed by atoms with Crippen LogP contribution in [0.25, 0.3) is 0 Å². The van der Waals surface area contributed by atoms with Crippen molar-refractivity contribution in [2.45, 2.75) is 45.1 Å². The molecule has 1 aliphatic heterocycles. The summed E-state index contributed by atoms with van der Waals surface area (Å²) in [6, 6.07) is 0.150. The van der Waals surface area contributed by atoms with Crippen LogP contribution >= 0.6 is 11.6 Å². The Morgan fingerprint density at radius 1 is 1.32 bits per heavy atom. The third-order valence-corrected chi connectivity index (χ3v) is 4.73. The second kappa shape index (κ2) is 4.91. The lowest BCUT2D eigenvalue weighted by atomic mass is 10.0. The number of rotatable bonds is 3. The molecule has 0 spiro atoms. The first-order valence-corrected chi connectivity index (χ1v) is 7.41. The van der Waals surface area contributed by atoms with E-state index in [2.05, 4.69) is 16.8 Å². The molecule has 3 rings (SSSR count). The fraction of sp³-hybridized carbons (Fsp3) is 0.714. The summed E-state index contributed by atoms with van der Waals surface area (Å²) in [5, 5.41) is 10.2. The van der Waals surface area contributed by atoms with Crippen LogP contribution in [-0.2, 0) is 0 Å². The third kappa shape index (κ3) is 2.32. The molecule has 2 aliphatic rings. The van der Waals surface area contributed by atoms with E-state index in [4.69, 9.17) is 16.6 Å². The third-order valence-electron chi connectivity index (χ3n) is 4.36. The summed E-state index contributed by atoms with van der Waals surface area (Å²) in [6.07, 6.45) is 3.42. The summed E-state index contributed by atoms with van der Waals surface area (Å²) < 4.78 is 0. The van der Waals surface area contributed by atoms with Gasteiger partial charge in [0, 0.05) is 18.0 Å². The minimum atomic E-state index is 0.150. The van der Waals surface area contributed by atoms with Crippen LogP contribution in [0.1, 0.15) is 43.5 Å². The monoisotopic (exact) mass is 281 g/mol. The fourth-order valence-corrected chi connectivity index (χ4v) is 3.02. The average molecular weight is 282 g/mol. The average Bonchev–Trinajstić information content (AvgIpc) is 3.16. The molecule has 1 saturated heterocycles. The molecule has 2 fully saturated rings. The van der Waals surface area contributed by atoms with Gasteiger partial charge in [-0.2, -0.15) is 0 Å². The van der Waals surface area contributed by atoms with Gasteiger partial charge in [-0.05, 0) is 32.1 Å². The Balaban J connectivity index is 1.99. The predicted octanol–water partition coefficient (Wildman–Crippen LogP) is 2.52. The van der Waals surface area contributed by atoms with Crippen LogP contribution in [0.2, 0.25) is 5.15 Å². The van der Waals surface area contributed by atoms with E-state index < -0.39 is 0 Å². The lowest BCUT2D eigenvalue weighted by molar-refractivity contribution is 0.244. The molecule has 2 unspecified atom stereocenters. The zero-order valence-electron chi connectivity index (χ0n) is 11.4. The molecule has 0 amide bonds. The number of aromatic nitrogens is 2. The van der Waals surface area contributed by atoms with Crippen molar-refractivity contribution in [3.8, 4) is 0 Å². The number of hydrogen-bond acceptors (Lipinski definition) is 4. The van der Waals surface area contributed by atoms with Gasteiger partial charge >= 0.3 is 0 Å². The van der Waals surface area contributed by atoms with Crippen LogP contribution in [-0.4, -0.2) is 34.3 Å². The summed E-state index contributed by atoms with van der Waals surface area (Å²) in [7, 11) is 0. The molecular formula is C14H20ClN3O. The Hall–Kier alpha value is -0.870. The second-order valence-corrected chi connectivity index (χ2v) is 6.16. The van der Waals surface area contributed by atoms with Crippen molar-refractivity contribution in [1.29, 1.82) is 0 Å². The smallest absolute Gasteiger partial charge is 0.137 e. The van der Waals surface area contributed by atoms with Gasteiger partial charge in [0.2, 0.25) is 0 Å². The molecule has 4 nitrogen and oxygen atoms in total. The fourth-order valence-electron chi connectivity index (χ4n) is 2.85. The highest BCUT2D eigenvalue weighted by atomic mass is 35.5. The maximum absolute atomic E-state index is 9.60. The molecule has 5 heteroatoms. The van der Waals surface area contributed by atoms with Gasteiger partial charge in [0.15, 0.2) is 0 Å². The first-order valence-electron chi connectivity index (χ1n) is 7.03.